The van der Waals surface area contributed by atoms with Crippen LogP contribution in [0.25, 0.3) is 0 Å². The number of hydrogen-bond donors (Lipinski definition) is 3. The zero-order chi connectivity index (χ0) is 16.4. The maximum absolute atomic E-state index is 9.68. The third-order valence-electron chi connectivity index (χ3n) is 2.38. The molecule has 6 heteroatoms. The Morgan fingerprint density at radius 3 is 1.29 bits per heavy atom. The van der Waals surface area contributed by atoms with Crippen LogP contribution in [0.1, 0.15) is 79.1 Å². The SMILES string of the molecule is CC(=O)O.CCC(O)C(=O)O.CCCCCCCCC.S. The van der Waals surface area contributed by atoms with E-state index in [1.165, 1.54) is 44.9 Å². The van der Waals surface area contributed by atoms with Gasteiger partial charge in [0.15, 0.2) is 6.10 Å². The molecule has 0 aliphatic heterocycles. The minimum atomic E-state index is -1.18. The quantitative estimate of drug-likeness (QED) is 0.590. The van der Waals surface area contributed by atoms with Gasteiger partial charge < -0.3 is 15.3 Å². The molecule has 5 nitrogen and oxygen atoms in total. The van der Waals surface area contributed by atoms with Crippen LogP contribution in [0.2, 0.25) is 0 Å². The van der Waals surface area contributed by atoms with Gasteiger partial charge in [-0.05, 0) is 6.42 Å². The van der Waals surface area contributed by atoms with Crippen molar-refractivity contribution in [2.24, 2.45) is 0 Å². The fourth-order valence-electron chi connectivity index (χ4n) is 1.20. The summed E-state index contributed by atoms with van der Waals surface area (Å²) in [5.74, 6) is -1.98. The minimum absolute atomic E-state index is 0. The summed E-state index contributed by atoms with van der Waals surface area (Å²) in [6.07, 6.45) is 9.07. The van der Waals surface area contributed by atoms with E-state index in [0.717, 1.165) is 6.92 Å². The standard InChI is InChI=1S/C9H20.C4H8O3.C2H4O2.H2S/c1-3-5-7-9-8-6-4-2;1-2-3(5)4(6)7;1-2(3)4;/h3-9H2,1-2H3;3,5H,2H2,1H3,(H,6,7);1H3,(H,3,4);1H2. The third-order valence-corrected chi connectivity index (χ3v) is 2.38. The van der Waals surface area contributed by atoms with Crippen molar-refractivity contribution >= 4 is 25.4 Å². The summed E-state index contributed by atoms with van der Waals surface area (Å²) >= 11 is 0. The number of aliphatic carboxylic acids is 2. The second kappa shape index (κ2) is 24.3. The molecule has 1 unspecified atom stereocenters. The van der Waals surface area contributed by atoms with E-state index in [-0.39, 0.29) is 19.9 Å². The van der Waals surface area contributed by atoms with E-state index in [0.29, 0.717) is 0 Å². The van der Waals surface area contributed by atoms with Crippen LogP contribution >= 0.6 is 13.5 Å². The van der Waals surface area contributed by atoms with Crippen molar-refractivity contribution in [3.05, 3.63) is 0 Å². The van der Waals surface area contributed by atoms with Gasteiger partial charge in [0.25, 0.3) is 5.97 Å². The van der Waals surface area contributed by atoms with Crippen molar-refractivity contribution in [3.63, 3.8) is 0 Å². The fraction of sp³-hybridized carbons (Fsp3) is 0.867. The van der Waals surface area contributed by atoms with Crippen molar-refractivity contribution in [1.82, 2.24) is 0 Å². The predicted molar refractivity (Wildman–Crippen MR) is 91.3 cm³/mol. The molecular weight excluding hydrogens is 292 g/mol. The molecule has 0 aromatic heterocycles. The average molecular weight is 326 g/mol. The highest BCUT2D eigenvalue weighted by atomic mass is 32.1. The maximum Gasteiger partial charge on any atom is 0.332 e. The first-order valence-corrected chi connectivity index (χ1v) is 7.43. The number of aliphatic hydroxyl groups excluding tert-OH is 1. The number of unbranched alkanes of at least 4 members (excludes halogenated alkanes) is 6. The topological polar surface area (TPSA) is 94.8 Å². The molecular formula is C15H34O5S. The Morgan fingerprint density at radius 1 is 0.857 bits per heavy atom. The van der Waals surface area contributed by atoms with Crippen LogP contribution < -0.4 is 0 Å². The molecule has 0 rings (SSSR count). The lowest BCUT2D eigenvalue weighted by molar-refractivity contribution is -0.146. The van der Waals surface area contributed by atoms with Gasteiger partial charge in [-0.1, -0.05) is 65.7 Å². The Balaban J connectivity index is -0.000000108. The van der Waals surface area contributed by atoms with Crippen molar-refractivity contribution in [2.75, 3.05) is 0 Å². The maximum atomic E-state index is 9.68. The Labute approximate surface area is 136 Å². The summed E-state index contributed by atoms with van der Waals surface area (Å²) in [5.41, 5.74) is 0. The van der Waals surface area contributed by atoms with Gasteiger partial charge in [-0.15, -0.1) is 0 Å². The summed E-state index contributed by atoms with van der Waals surface area (Å²) in [5, 5.41) is 23.7. The Hall–Kier alpha value is -0.750. The van der Waals surface area contributed by atoms with Crippen LogP contribution in [0.4, 0.5) is 0 Å². The summed E-state index contributed by atoms with van der Waals surface area (Å²) in [6, 6.07) is 0. The van der Waals surface area contributed by atoms with Crippen LogP contribution in [-0.2, 0) is 9.59 Å². The third kappa shape index (κ3) is 45.3. The zero-order valence-corrected chi connectivity index (χ0v) is 14.9. The molecule has 0 radical (unpaired) electrons. The van der Waals surface area contributed by atoms with Crippen molar-refractivity contribution in [3.8, 4) is 0 Å². The second-order valence-electron chi connectivity index (χ2n) is 4.55. The molecule has 0 aromatic carbocycles. The molecule has 0 fully saturated rings. The molecule has 0 aliphatic carbocycles. The van der Waals surface area contributed by atoms with Gasteiger partial charge in [0.2, 0.25) is 0 Å². The zero-order valence-electron chi connectivity index (χ0n) is 13.9. The number of carbonyl (C=O) groups is 2. The molecule has 0 saturated heterocycles. The van der Waals surface area contributed by atoms with Crippen molar-refractivity contribution in [2.45, 2.75) is 85.2 Å². The number of carboxylic acid groups (broad SMARTS) is 2. The fourth-order valence-corrected chi connectivity index (χ4v) is 1.20. The van der Waals surface area contributed by atoms with Crippen LogP contribution in [0, 0.1) is 0 Å². The molecule has 1 atom stereocenters. The van der Waals surface area contributed by atoms with Crippen LogP contribution in [0.3, 0.4) is 0 Å². The summed E-state index contributed by atoms with van der Waals surface area (Å²) in [7, 11) is 0. The lowest BCUT2D eigenvalue weighted by Crippen LogP contribution is -2.17. The molecule has 0 spiro atoms. The van der Waals surface area contributed by atoms with Gasteiger partial charge >= 0.3 is 5.97 Å². The first-order valence-electron chi connectivity index (χ1n) is 7.43. The molecule has 0 aromatic rings. The van der Waals surface area contributed by atoms with Crippen LogP contribution in [0.5, 0.6) is 0 Å². The highest BCUT2D eigenvalue weighted by Gasteiger charge is 2.07. The lowest BCUT2D eigenvalue weighted by atomic mass is 10.1. The summed E-state index contributed by atoms with van der Waals surface area (Å²) in [4.78, 5) is 18.7. The first kappa shape index (κ1) is 28.4. The molecule has 130 valence electrons. The van der Waals surface area contributed by atoms with E-state index in [2.05, 4.69) is 13.8 Å². The van der Waals surface area contributed by atoms with E-state index in [4.69, 9.17) is 20.1 Å². The van der Waals surface area contributed by atoms with Gasteiger partial charge in [-0.25, -0.2) is 4.79 Å². The highest BCUT2D eigenvalue weighted by molar-refractivity contribution is 7.59. The van der Waals surface area contributed by atoms with Gasteiger partial charge in [0.1, 0.15) is 0 Å². The van der Waals surface area contributed by atoms with E-state index in [1.807, 2.05) is 0 Å². The average Bonchev–Trinajstić information content (AvgIpc) is 2.37. The molecule has 0 bridgehead atoms. The van der Waals surface area contributed by atoms with E-state index in [9.17, 15) is 4.79 Å². The number of carboxylic acids is 2. The molecule has 0 saturated carbocycles. The normalized spacial score (nSPS) is 9.95. The highest BCUT2D eigenvalue weighted by Crippen LogP contribution is 2.05. The minimum Gasteiger partial charge on any atom is -0.481 e. The molecule has 0 aliphatic rings. The largest absolute Gasteiger partial charge is 0.481 e. The number of hydrogen-bond acceptors (Lipinski definition) is 3. The molecule has 0 amide bonds. The summed E-state index contributed by atoms with van der Waals surface area (Å²) < 4.78 is 0. The number of rotatable bonds is 8. The van der Waals surface area contributed by atoms with Gasteiger partial charge in [-0.3, -0.25) is 4.79 Å². The van der Waals surface area contributed by atoms with E-state index < -0.39 is 18.0 Å². The van der Waals surface area contributed by atoms with Crippen molar-refractivity contribution in [1.29, 1.82) is 0 Å². The van der Waals surface area contributed by atoms with Crippen LogP contribution in [-0.4, -0.2) is 33.4 Å². The van der Waals surface area contributed by atoms with Crippen molar-refractivity contribution < 1.29 is 24.9 Å². The first-order chi connectivity index (χ1) is 9.33. The predicted octanol–water partition coefficient (Wildman–Crippen LogP) is 3.80. The smallest absolute Gasteiger partial charge is 0.332 e. The monoisotopic (exact) mass is 326 g/mol. The van der Waals surface area contributed by atoms with Crippen LogP contribution in [0.15, 0.2) is 0 Å². The van der Waals surface area contributed by atoms with E-state index in [1.54, 1.807) is 6.92 Å². The molecule has 3 N–H and O–H groups in total. The Bertz CT molecular complexity index is 212. The summed E-state index contributed by atoms with van der Waals surface area (Å²) in [6.45, 7) is 7.22. The molecule has 21 heavy (non-hydrogen) atoms. The Kier molecular flexibility index (Phi) is 32.9. The Morgan fingerprint density at radius 2 is 1.14 bits per heavy atom. The van der Waals surface area contributed by atoms with E-state index >= 15 is 0 Å². The second-order valence-corrected chi connectivity index (χ2v) is 4.55. The van der Waals surface area contributed by atoms with Gasteiger partial charge in [0.05, 0.1) is 0 Å². The van der Waals surface area contributed by atoms with Gasteiger partial charge in [0, 0.05) is 6.92 Å². The lowest BCUT2D eigenvalue weighted by Gasteiger charge is -1.96. The van der Waals surface area contributed by atoms with Gasteiger partial charge in [-0.2, -0.15) is 13.5 Å². The molecule has 0 heterocycles. The number of aliphatic hydroxyl groups is 1.